The molecule has 1 aliphatic carbocycles. The minimum absolute atomic E-state index is 0.0686. The summed E-state index contributed by atoms with van der Waals surface area (Å²) in [5.41, 5.74) is 1.21. The molecule has 1 N–H and O–H groups in total. The van der Waals surface area contributed by atoms with Crippen LogP contribution in [0.25, 0.3) is 5.69 Å². The molecule has 2 aromatic rings. The number of benzene rings is 1. The van der Waals surface area contributed by atoms with E-state index >= 15 is 0 Å². The Labute approximate surface area is 110 Å². The summed E-state index contributed by atoms with van der Waals surface area (Å²) in [6.45, 7) is 0.371. The Kier molecular flexibility index (Phi) is 3.03. The summed E-state index contributed by atoms with van der Waals surface area (Å²) < 4.78 is 15.6. The van der Waals surface area contributed by atoms with E-state index in [9.17, 15) is 9.18 Å². The van der Waals surface area contributed by atoms with Crippen LogP contribution >= 0.6 is 0 Å². The SMILES string of the molecule is O=C(NCc1ccc(-n2ccnc2)c(F)c1)C1CC1. The van der Waals surface area contributed by atoms with E-state index in [1.165, 1.54) is 6.07 Å². The fourth-order valence-corrected chi connectivity index (χ4v) is 1.95. The Morgan fingerprint density at radius 2 is 2.32 bits per heavy atom. The van der Waals surface area contributed by atoms with Gasteiger partial charge in [0.15, 0.2) is 0 Å². The standard InChI is InChI=1S/C14H14FN3O/c15-12-7-10(8-17-14(19)11-2-3-11)1-4-13(12)18-6-5-16-9-18/h1,4-7,9,11H,2-3,8H2,(H,17,19). The van der Waals surface area contributed by atoms with Crippen LogP contribution in [0.3, 0.4) is 0 Å². The molecule has 1 fully saturated rings. The highest BCUT2D eigenvalue weighted by Crippen LogP contribution is 2.28. The van der Waals surface area contributed by atoms with Gasteiger partial charge >= 0.3 is 0 Å². The van der Waals surface area contributed by atoms with Crippen molar-refractivity contribution >= 4 is 5.91 Å². The van der Waals surface area contributed by atoms with Gasteiger partial charge in [0.05, 0.1) is 12.0 Å². The molecule has 0 aliphatic heterocycles. The van der Waals surface area contributed by atoms with Crippen LogP contribution in [0.15, 0.2) is 36.9 Å². The number of nitrogens with zero attached hydrogens (tertiary/aromatic N) is 2. The average molecular weight is 259 g/mol. The Hall–Kier alpha value is -2.17. The summed E-state index contributed by atoms with van der Waals surface area (Å²) in [5, 5.41) is 2.82. The summed E-state index contributed by atoms with van der Waals surface area (Å²) in [6, 6.07) is 4.95. The van der Waals surface area contributed by atoms with Crippen molar-refractivity contribution in [3.63, 3.8) is 0 Å². The summed E-state index contributed by atoms with van der Waals surface area (Å²) in [4.78, 5) is 15.4. The number of rotatable bonds is 4. The van der Waals surface area contributed by atoms with Crippen LogP contribution in [0.4, 0.5) is 4.39 Å². The van der Waals surface area contributed by atoms with E-state index in [0.29, 0.717) is 12.2 Å². The fourth-order valence-electron chi connectivity index (χ4n) is 1.95. The molecule has 1 aromatic heterocycles. The van der Waals surface area contributed by atoms with Gasteiger partial charge in [-0.15, -0.1) is 0 Å². The molecule has 0 radical (unpaired) electrons. The van der Waals surface area contributed by atoms with Crippen molar-refractivity contribution in [2.75, 3.05) is 0 Å². The summed E-state index contributed by atoms with van der Waals surface area (Å²) in [7, 11) is 0. The molecule has 0 unspecified atom stereocenters. The second kappa shape index (κ2) is 4.84. The second-order valence-corrected chi connectivity index (χ2v) is 4.75. The van der Waals surface area contributed by atoms with Gasteiger partial charge in [0, 0.05) is 24.9 Å². The number of aromatic nitrogens is 2. The number of halogens is 1. The normalized spacial score (nSPS) is 14.4. The first kappa shape index (κ1) is 11.9. The fraction of sp³-hybridized carbons (Fsp3) is 0.286. The largest absolute Gasteiger partial charge is 0.352 e. The maximum absolute atomic E-state index is 13.9. The lowest BCUT2D eigenvalue weighted by atomic mass is 10.2. The number of carbonyl (C=O) groups is 1. The molecule has 3 rings (SSSR count). The van der Waals surface area contributed by atoms with Crippen LogP contribution in [0.2, 0.25) is 0 Å². The molecular formula is C14H14FN3O. The molecule has 1 heterocycles. The summed E-state index contributed by atoms with van der Waals surface area (Å²) >= 11 is 0. The van der Waals surface area contributed by atoms with E-state index < -0.39 is 0 Å². The van der Waals surface area contributed by atoms with Crippen molar-refractivity contribution in [2.24, 2.45) is 5.92 Å². The number of nitrogens with one attached hydrogen (secondary N) is 1. The molecule has 0 spiro atoms. The van der Waals surface area contributed by atoms with Crippen molar-refractivity contribution in [3.8, 4) is 5.69 Å². The van der Waals surface area contributed by atoms with Crippen LogP contribution in [-0.4, -0.2) is 15.5 Å². The lowest BCUT2D eigenvalue weighted by molar-refractivity contribution is -0.122. The average Bonchev–Trinajstić information content (AvgIpc) is 3.12. The van der Waals surface area contributed by atoms with E-state index in [-0.39, 0.29) is 17.6 Å². The smallest absolute Gasteiger partial charge is 0.223 e. The Morgan fingerprint density at radius 3 is 2.95 bits per heavy atom. The minimum atomic E-state index is -0.323. The van der Waals surface area contributed by atoms with Gasteiger partial charge in [0.25, 0.3) is 0 Å². The van der Waals surface area contributed by atoms with Gasteiger partial charge in [0.1, 0.15) is 5.82 Å². The first-order valence-electron chi connectivity index (χ1n) is 6.28. The summed E-state index contributed by atoms with van der Waals surface area (Å²) in [5.74, 6) is -0.0784. The topological polar surface area (TPSA) is 46.9 Å². The highest BCUT2D eigenvalue weighted by Gasteiger charge is 2.29. The molecule has 98 valence electrons. The molecule has 4 nitrogen and oxygen atoms in total. The van der Waals surface area contributed by atoms with Crippen molar-refractivity contribution in [1.29, 1.82) is 0 Å². The molecule has 1 aliphatic rings. The van der Waals surface area contributed by atoms with Crippen molar-refractivity contribution in [2.45, 2.75) is 19.4 Å². The number of carbonyl (C=O) groups excluding carboxylic acids is 1. The molecule has 0 saturated heterocycles. The van der Waals surface area contributed by atoms with Gasteiger partial charge in [-0.2, -0.15) is 0 Å². The predicted octanol–water partition coefficient (Wildman–Crippen LogP) is 2.04. The molecule has 0 atom stereocenters. The van der Waals surface area contributed by atoms with Crippen molar-refractivity contribution in [1.82, 2.24) is 14.9 Å². The van der Waals surface area contributed by atoms with Gasteiger partial charge in [-0.1, -0.05) is 6.07 Å². The van der Waals surface area contributed by atoms with E-state index in [1.807, 2.05) is 6.07 Å². The van der Waals surface area contributed by atoms with Crippen LogP contribution in [0.5, 0.6) is 0 Å². The highest BCUT2D eigenvalue weighted by molar-refractivity contribution is 5.80. The van der Waals surface area contributed by atoms with Gasteiger partial charge in [-0.25, -0.2) is 9.37 Å². The molecule has 5 heteroatoms. The van der Waals surface area contributed by atoms with E-state index in [0.717, 1.165) is 18.4 Å². The van der Waals surface area contributed by atoms with E-state index in [2.05, 4.69) is 10.3 Å². The van der Waals surface area contributed by atoms with Crippen LogP contribution < -0.4 is 5.32 Å². The monoisotopic (exact) mass is 259 g/mol. The molecule has 19 heavy (non-hydrogen) atoms. The third-order valence-corrected chi connectivity index (χ3v) is 3.21. The van der Waals surface area contributed by atoms with E-state index in [4.69, 9.17) is 0 Å². The zero-order valence-electron chi connectivity index (χ0n) is 10.3. The Morgan fingerprint density at radius 1 is 1.47 bits per heavy atom. The number of hydrogen-bond donors (Lipinski definition) is 1. The Bertz CT molecular complexity index is 591. The number of imidazole rings is 1. The van der Waals surface area contributed by atoms with Gasteiger partial charge in [0.2, 0.25) is 5.91 Å². The lowest BCUT2D eigenvalue weighted by Gasteiger charge is -2.08. The maximum Gasteiger partial charge on any atom is 0.223 e. The third kappa shape index (κ3) is 2.65. The second-order valence-electron chi connectivity index (χ2n) is 4.75. The quantitative estimate of drug-likeness (QED) is 0.913. The third-order valence-electron chi connectivity index (χ3n) is 3.21. The van der Waals surface area contributed by atoms with Crippen LogP contribution in [-0.2, 0) is 11.3 Å². The van der Waals surface area contributed by atoms with Gasteiger partial charge in [-0.3, -0.25) is 4.79 Å². The van der Waals surface area contributed by atoms with Crippen molar-refractivity contribution < 1.29 is 9.18 Å². The Balaban J connectivity index is 1.70. The first-order valence-corrected chi connectivity index (χ1v) is 6.28. The molecule has 1 saturated carbocycles. The lowest BCUT2D eigenvalue weighted by Crippen LogP contribution is -2.24. The van der Waals surface area contributed by atoms with Crippen molar-refractivity contribution in [3.05, 3.63) is 48.3 Å². The van der Waals surface area contributed by atoms with E-state index in [1.54, 1.807) is 29.4 Å². The van der Waals surface area contributed by atoms with Gasteiger partial charge < -0.3 is 9.88 Å². The molecular weight excluding hydrogens is 245 g/mol. The summed E-state index contributed by atoms with van der Waals surface area (Å²) in [6.07, 6.45) is 6.78. The number of amides is 1. The predicted molar refractivity (Wildman–Crippen MR) is 68.1 cm³/mol. The molecule has 1 amide bonds. The minimum Gasteiger partial charge on any atom is -0.352 e. The first-order chi connectivity index (χ1) is 9.24. The molecule has 0 bridgehead atoms. The zero-order valence-corrected chi connectivity index (χ0v) is 10.3. The van der Waals surface area contributed by atoms with Gasteiger partial charge in [-0.05, 0) is 30.5 Å². The highest BCUT2D eigenvalue weighted by atomic mass is 19.1. The zero-order chi connectivity index (χ0) is 13.2. The van der Waals surface area contributed by atoms with Crippen LogP contribution in [0, 0.1) is 11.7 Å². The molecule has 1 aromatic carbocycles. The number of hydrogen-bond acceptors (Lipinski definition) is 2. The van der Waals surface area contributed by atoms with Crippen LogP contribution in [0.1, 0.15) is 18.4 Å². The maximum atomic E-state index is 13.9.